The van der Waals surface area contributed by atoms with Crippen molar-refractivity contribution in [1.29, 1.82) is 0 Å². The summed E-state index contributed by atoms with van der Waals surface area (Å²) >= 11 is 0. The fourth-order valence-corrected chi connectivity index (χ4v) is 4.84. The van der Waals surface area contributed by atoms with Crippen LogP contribution in [0.1, 0.15) is 35.7 Å². The molecule has 7 nitrogen and oxygen atoms in total. The van der Waals surface area contributed by atoms with E-state index in [0.717, 1.165) is 67.0 Å². The van der Waals surface area contributed by atoms with Crippen molar-refractivity contribution in [3.05, 3.63) is 89.9 Å². The second kappa shape index (κ2) is 13.5. The minimum Gasteiger partial charge on any atom is -0.481 e. The number of fused-ring (bicyclic) bond motifs is 1. The number of aromatic nitrogens is 1. The van der Waals surface area contributed by atoms with E-state index in [1.807, 2.05) is 30.5 Å². The highest BCUT2D eigenvalue weighted by atomic mass is 19.4. The van der Waals surface area contributed by atoms with Crippen molar-refractivity contribution in [1.82, 2.24) is 14.8 Å². The Kier molecular flexibility index (Phi) is 9.84. The Morgan fingerprint density at radius 3 is 2.36 bits per heavy atom. The number of carboxylic acids is 1. The number of nitrogens with one attached hydrogen (secondary N) is 1. The quantitative estimate of drug-likeness (QED) is 0.225. The number of alkyl halides is 3. The van der Waals surface area contributed by atoms with Crippen molar-refractivity contribution in [2.75, 3.05) is 26.2 Å². The maximum absolute atomic E-state index is 14.9. The predicted octanol–water partition coefficient (Wildman–Crippen LogP) is 6.70. The maximum atomic E-state index is 14.9. The van der Waals surface area contributed by atoms with Crippen LogP contribution in [0.4, 0.5) is 17.6 Å². The molecule has 0 aliphatic carbocycles. The first kappa shape index (κ1) is 30.6. The van der Waals surface area contributed by atoms with Crippen LogP contribution in [0.3, 0.4) is 0 Å². The van der Waals surface area contributed by atoms with Gasteiger partial charge in [0.05, 0.1) is 0 Å². The lowest BCUT2D eigenvalue weighted by Gasteiger charge is -2.26. The molecule has 0 unspecified atom stereocenters. The third-order valence-corrected chi connectivity index (χ3v) is 6.78. The summed E-state index contributed by atoms with van der Waals surface area (Å²) in [6.07, 6.45) is -0.755. The van der Waals surface area contributed by atoms with E-state index in [1.54, 1.807) is 17.0 Å². The number of amides is 1. The smallest absolute Gasteiger partial charge is 0.481 e. The Morgan fingerprint density at radius 2 is 1.69 bits per heavy atom. The maximum Gasteiger partial charge on any atom is 0.573 e. The van der Waals surface area contributed by atoms with Crippen LogP contribution in [0, 0.1) is 5.82 Å². The molecule has 1 aliphatic rings. The third kappa shape index (κ3) is 8.56. The van der Waals surface area contributed by atoms with Gasteiger partial charge in [0.15, 0.2) is 0 Å². The second-order valence-electron chi connectivity index (χ2n) is 9.96. The van der Waals surface area contributed by atoms with Crippen LogP contribution in [-0.2, 0) is 11.3 Å². The molecule has 1 aromatic heterocycles. The number of hydrogen-bond acceptors (Lipinski definition) is 4. The average molecular weight is 586 g/mol. The number of nitrogens with zero attached hydrogens (tertiary/aromatic N) is 2. The molecule has 2 N–H and O–H groups in total. The van der Waals surface area contributed by atoms with Crippen molar-refractivity contribution in [2.24, 2.45) is 0 Å². The van der Waals surface area contributed by atoms with Gasteiger partial charge in [-0.1, -0.05) is 12.1 Å². The molecule has 0 atom stereocenters. The standard InChI is InChI=1S/C29H27F4N3O2.C2H4O2/c30-26-9-3-20(17-25(26)22-6-10-27-23(18-22)11-12-34-27)19-36(16-15-35-13-1-2-14-35)28(37)21-4-7-24(8-5-21)38-29(31,32)33;1-2(3)4/h3-12,17-18,34H,1-2,13-16,19H2;1H3,(H,3,4). The van der Waals surface area contributed by atoms with Crippen molar-refractivity contribution in [2.45, 2.75) is 32.7 Å². The first-order valence-electron chi connectivity index (χ1n) is 13.4. The summed E-state index contributed by atoms with van der Waals surface area (Å²) in [7, 11) is 0. The second-order valence-corrected chi connectivity index (χ2v) is 9.96. The van der Waals surface area contributed by atoms with Crippen molar-refractivity contribution in [3.63, 3.8) is 0 Å². The number of carboxylic acid groups (broad SMARTS) is 1. The van der Waals surface area contributed by atoms with Gasteiger partial charge in [-0.3, -0.25) is 9.59 Å². The van der Waals surface area contributed by atoms with E-state index in [2.05, 4.69) is 14.6 Å². The number of benzene rings is 3. The van der Waals surface area contributed by atoms with Crippen LogP contribution in [0.2, 0.25) is 0 Å². The van der Waals surface area contributed by atoms with E-state index in [-0.39, 0.29) is 29.6 Å². The Hall–Kier alpha value is -4.38. The molecular weight excluding hydrogens is 554 g/mol. The van der Waals surface area contributed by atoms with E-state index in [1.165, 1.54) is 18.2 Å². The zero-order valence-electron chi connectivity index (χ0n) is 23.0. The first-order chi connectivity index (χ1) is 20.0. The summed E-state index contributed by atoms with van der Waals surface area (Å²) in [6, 6.07) is 17.3. The minimum absolute atomic E-state index is 0.229. The van der Waals surface area contributed by atoms with Crippen LogP contribution in [-0.4, -0.2) is 64.3 Å². The number of aliphatic carboxylic acids is 1. The van der Waals surface area contributed by atoms with Crippen LogP contribution in [0.15, 0.2) is 72.9 Å². The van der Waals surface area contributed by atoms with Gasteiger partial charge in [0.2, 0.25) is 0 Å². The van der Waals surface area contributed by atoms with Crippen molar-refractivity contribution in [3.8, 4) is 16.9 Å². The normalized spacial score (nSPS) is 13.5. The van der Waals surface area contributed by atoms with Crippen LogP contribution in [0.5, 0.6) is 5.75 Å². The van der Waals surface area contributed by atoms with Crippen molar-refractivity contribution < 1.29 is 37.0 Å². The Labute approximate surface area is 240 Å². The summed E-state index contributed by atoms with van der Waals surface area (Å²) in [5, 5.41) is 8.38. The summed E-state index contributed by atoms with van der Waals surface area (Å²) in [5.74, 6) is -1.90. The molecule has 11 heteroatoms. The summed E-state index contributed by atoms with van der Waals surface area (Å²) in [4.78, 5) is 29.5. The van der Waals surface area contributed by atoms with Gasteiger partial charge in [-0.05, 0) is 97.0 Å². The molecule has 1 saturated heterocycles. The van der Waals surface area contributed by atoms with Gasteiger partial charge in [0, 0.05) is 49.4 Å². The highest BCUT2D eigenvalue weighted by molar-refractivity contribution is 5.94. The number of likely N-dealkylation sites (tertiary alicyclic amines) is 1. The Balaban J connectivity index is 0.000000952. The summed E-state index contributed by atoms with van der Waals surface area (Å²) < 4.78 is 56.4. The Morgan fingerprint density at radius 1 is 1.00 bits per heavy atom. The predicted molar refractivity (Wildman–Crippen MR) is 151 cm³/mol. The molecule has 1 amide bonds. The number of ether oxygens (including phenoxy) is 1. The monoisotopic (exact) mass is 585 g/mol. The molecule has 0 saturated carbocycles. The highest BCUT2D eigenvalue weighted by Crippen LogP contribution is 2.28. The molecule has 0 spiro atoms. The van der Waals surface area contributed by atoms with Crippen LogP contribution in [0.25, 0.3) is 22.0 Å². The number of hydrogen-bond donors (Lipinski definition) is 2. The van der Waals surface area contributed by atoms with Gasteiger partial charge in [0.25, 0.3) is 11.9 Å². The number of aromatic amines is 1. The molecule has 2 heterocycles. The highest BCUT2D eigenvalue weighted by Gasteiger charge is 2.31. The molecule has 0 bridgehead atoms. The molecule has 5 rings (SSSR count). The molecular formula is C31H31F4N3O4. The number of halogens is 4. The van der Waals surface area contributed by atoms with E-state index >= 15 is 0 Å². The SMILES string of the molecule is CC(=O)O.O=C(c1ccc(OC(F)(F)F)cc1)N(CCN1CCCC1)Cc1ccc(F)c(-c2ccc3[nH]ccc3c2)c1. The van der Waals surface area contributed by atoms with Gasteiger partial charge in [-0.25, -0.2) is 4.39 Å². The largest absolute Gasteiger partial charge is 0.573 e. The lowest BCUT2D eigenvalue weighted by Crippen LogP contribution is -2.37. The lowest BCUT2D eigenvalue weighted by atomic mass is 10.0. The van der Waals surface area contributed by atoms with Gasteiger partial charge < -0.3 is 24.6 Å². The van der Waals surface area contributed by atoms with Crippen LogP contribution >= 0.6 is 0 Å². The van der Waals surface area contributed by atoms with Crippen LogP contribution < -0.4 is 4.74 Å². The molecule has 222 valence electrons. The number of H-pyrrole nitrogens is 1. The zero-order valence-corrected chi connectivity index (χ0v) is 23.0. The third-order valence-electron chi connectivity index (χ3n) is 6.78. The first-order valence-corrected chi connectivity index (χ1v) is 13.4. The molecule has 1 aliphatic heterocycles. The van der Waals surface area contributed by atoms with Gasteiger partial charge in [-0.2, -0.15) is 0 Å². The number of carbonyl (C=O) groups excluding carboxylic acids is 1. The topological polar surface area (TPSA) is 85.9 Å². The molecule has 0 radical (unpaired) electrons. The van der Waals surface area contributed by atoms with E-state index in [9.17, 15) is 22.4 Å². The Bertz CT molecular complexity index is 1510. The zero-order chi connectivity index (χ0) is 30.3. The fraction of sp³-hybridized carbons (Fsp3) is 0.290. The molecule has 42 heavy (non-hydrogen) atoms. The van der Waals surface area contributed by atoms with Gasteiger partial charge >= 0.3 is 6.36 Å². The van der Waals surface area contributed by atoms with Crippen molar-refractivity contribution >= 4 is 22.8 Å². The van der Waals surface area contributed by atoms with Gasteiger partial charge in [0.1, 0.15) is 11.6 Å². The van der Waals surface area contributed by atoms with E-state index in [4.69, 9.17) is 9.90 Å². The molecule has 1 fully saturated rings. The minimum atomic E-state index is -4.81. The van der Waals surface area contributed by atoms with Gasteiger partial charge in [-0.15, -0.1) is 13.2 Å². The fourth-order valence-electron chi connectivity index (χ4n) is 4.84. The lowest BCUT2D eigenvalue weighted by molar-refractivity contribution is -0.274. The molecule has 4 aromatic rings. The summed E-state index contributed by atoms with van der Waals surface area (Å²) in [6.45, 7) is 4.36. The number of rotatable bonds is 8. The number of carbonyl (C=O) groups is 2. The van der Waals surface area contributed by atoms with E-state index < -0.39 is 12.3 Å². The van der Waals surface area contributed by atoms with E-state index in [0.29, 0.717) is 18.7 Å². The average Bonchev–Trinajstić information content (AvgIpc) is 3.62. The molecule has 3 aromatic carbocycles. The summed E-state index contributed by atoms with van der Waals surface area (Å²) in [5.41, 5.74) is 3.12.